The summed E-state index contributed by atoms with van der Waals surface area (Å²) in [6, 6.07) is 14.4. The zero-order chi connectivity index (χ0) is 21.2. The summed E-state index contributed by atoms with van der Waals surface area (Å²) in [5.74, 6) is 7.26. The summed E-state index contributed by atoms with van der Waals surface area (Å²) >= 11 is 0. The molecule has 2 aromatic rings. The molecule has 0 radical (unpaired) electrons. The number of unbranched alkanes of at least 4 members (excludes halogenated alkanes) is 2. The first-order chi connectivity index (χ1) is 14.7. The van der Waals surface area contributed by atoms with Crippen molar-refractivity contribution in [3.8, 4) is 11.8 Å². The fourth-order valence-corrected chi connectivity index (χ4v) is 4.32. The van der Waals surface area contributed by atoms with Crippen LogP contribution in [0.2, 0.25) is 0 Å². The molecular formula is C29H35F. The van der Waals surface area contributed by atoms with Crippen molar-refractivity contribution in [2.75, 3.05) is 0 Å². The summed E-state index contributed by atoms with van der Waals surface area (Å²) in [4.78, 5) is 0. The van der Waals surface area contributed by atoms with Gasteiger partial charge in [-0.1, -0.05) is 82.1 Å². The highest BCUT2D eigenvalue weighted by Gasteiger charge is 2.18. The van der Waals surface area contributed by atoms with Gasteiger partial charge in [-0.05, 0) is 73.4 Å². The van der Waals surface area contributed by atoms with E-state index in [4.69, 9.17) is 0 Å². The molecule has 0 aromatic heterocycles. The molecule has 0 aliphatic heterocycles. The van der Waals surface area contributed by atoms with Crippen molar-refractivity contribution in [1.29, 1.82) is 0 Å². The van der Waals surface area contributed by atoms with Gasteiger partial charge in [-0.2, -0.15) is 0 Å². The first-order valence-electron chi connectivity index (χ1n) is 11.8. The fourth-order valence-electron chi connectivity index (χ4n) is 4.32. The first kappa shape index (κ1) is 22.4. The Morgan fingerprint density at radius 2 is 1.73 bits per heavy atom. The van der Waals surface area contributed by atoms with Crippen molar-refractivity contribution in [2.24, 2.45) is 0 Å². The van der Waals surface area contributed by atoms with Gasteiger partial charge in [-0.3, -0.25) is 0 Å². The Hall–Kier alpha value is -2.33. The van der Waals surface area contributed by atoms with E-state index in [2.05, 4.69) is 43.9 Å². The molecule has 0 spiro atoms. The van der Waals surface area contributed by atoms with Gasteiger partial charge in [0.25, 0.3) is 0 Å². The highest BCUT2D eigenvalue weighted by molar-refractivity contribution is 5.60. The third kappa shape index (κ3) is 6.33. The second kappa shape index (κ2) is 11.8. The Labute approximate surface area is 182 Å². The van der Waals surface area contributed by atoms with Crippen molar-refractivity contribution in [1.82, 2.24) is 0 Å². The second-order valence-electron chi connectivity index (χ2n) is 8.53. The molecule has 2 aromatic carbocycles. The minimum absolute atomic E-state index is 0.131. The van der Waals surface area contributed by atoms with Gasteiger partial charge >= 0.3 is 0 Å². The van der Waals surface area contributed by atoms with Crippen molar-refractivity contribution < 1.29 is 4.39 Å². The molecule has 1 aliphatic carbocycles. The first-order valence-corrected chi connectivity index (χ1v) is 11.8. The van der Waals surface area contributed by atoms with E-state index in [1.54, 1.807) is 6.08 Å². The molecule has 1 heteroatoms. The van der Waals surface area contributed by atoms with Crippen molar-refractivity contribution in [3.05, 3.63) is 76.4 Å². The third-order valence-electron chi connectivity index (χ3n) is 6.08. The van der Waals surface area contributed by atoms with Crippen LogP contribution in [0, 0.1) is 11.8 Å². The van der Waals surface area contributed by atoms with Crippen LogP contribution in [0.1, 0.15) is 105 Å². The minimum Gasteiger partial charge on any atom is -0.207 e. The van der Waals surface area contributed by atoms with Gasteiger partial charge in [0, 0.05) is 16.7 Å². The SMILES string of the molecule is CCCC/C=C(/F)c1ccc(C#Cc2ccc(CCC)cc2C2CCCCC2)cc1. The largest absolute Gasteiger partial charge is 0.207 e. The summed E-state index contributed by atoms with van der Waals surface area (Å²) in [6.07, 6.45) is 13.5. The van der Waals surface area contributed by atoms with Gasteiger partial charge in [-0.15, -0.1) is 0 Å². The summed E-state index contributed by atoms with van der Waals surface area (Å²) < 4.78 is 14.2. The Bertz CT molecular complexity index is 886. The Morgan fingerprint density at radius 1 is 0.967 bits per heavy atom. The predicted octanol–water partition coefficient (Wildman–Crippen LogP) is 8.59. The lowest BCUT2D eigenvalue weighted by Crippen LogP contribution is -2.07. The molecule has 158 valence electrons. The average molecular weight is 403 g/mol. The Kier molecular flexibility index (Phi) is 8.76. The van der Waals surface area contributed by atoms with Gasteiger partial charge in [0.2, 0.25) is 0 Å². The summed E-state index contributed by atoms with van der Waals surface area (Å²) in [5, 5.41) is 0. The van der Waals surface area contributed by atoms with Gasteiger partial charge in [0.05, 0.1) is 0 Å². The highest BCUT2D eigenvalue weighted by Crippen LogP contribution is 2.35. The molecule has 30 heavy (non-hydrogen) atoms. The lowest BCUT2D eigenvalue weighted by Gasteiger charge is -2.23. The summed E-state index contributed by atoms with van der Waals surface area (Å²) in [7, 11) is 0. The molecule has 1 saturated carbocycles. The number of aryl methyl sites for hydroxylation is 1. The predicted molar refractivity (Wildman–Crippen MR) is 127 cm³/mol. The quantitative estimate of drug-likeness (QED) is 0.321. The zero-order valence-electron chi connectivity index (χ0n) is 18.6. The monoisotopic (exact) mass is 402 g/mol. The molecule has 0 amide bonds. The topological polar surface area (TPSA) is 0 Å². The molecule has 0 unspecified atom stereocenters. The van der Waals surface area contributed by atoms with Crippen LogP contribution in [-0.2, 0) is 6.42 Å². The smallest absolute Gasteiger partial charge is 0.126 e. The standard InChI is InChI=1S/C29H35F/c1-3-5-7-13-29(30)27-20-15-23(16-21-27)14-18-26-19-17-24(10-4-2)22-28(26)25-11-8-6-9-12-25/h13,15-17,19-22,25H,3-12H2,1-2H3/b29-13+. The van der Waals surface area contributed by atoms with Gasteiger partial charge in [-0.25, -0.2) is 4.39 Å². The number of rotatable bonds is 7. The van der Waals surface area contributed by atoms with Gasteiger partial charge in [0.1, 0.15) is 5.83 Å². The summed E-state index contributed by atoms with van der Waals surface area (Å²) in [6.45, 7) is 4.36. The third-order valence-corrected chi connectivity index (χ3v) is 6.08. The number of allylic oxidation sites excluding steroid dienone is 1. The maximum Gasteiger partial charge on any atom is 0.126 e. The number of hydrogen-bond donors (Lipinski definition) is 0. The van der Waals surface area contributed by atoms with Crippen LogP contribution in [0.5, 0.6) is 0 Å². The van der Waals surface area contributed by atoms with E-state index in [-0.39, 0.29) is 5.83 Å². The van der Waals surface area contributed by atoms with Crippen LogP contribution in [0.3, 0.4) is 0 Å². The van der Waals surface area contributed by atoms with Crippen molar-refractivity contribution in [3.63, 3.8) is 0 Å². The number of halogens is 1. The average Bonchev–Trinajstić information content (AvgIpc) is 2.79. The fraction of sp³-hybridized carbons (Fsp3) is 0.448. The van der Waals surface area contributed by atoms with E-state index >= 15 is 0 Å². The van der Waals surface area contributed by atoms with E-state index in [9.17, 15) is 4.39 Å². The highest BCUT2D eigenvalue weighted by atomic mass is 19.1. The molecule has 1 fully saturated rings. The maximum atomic E-state index is 14.2. The van der Waals surface area contributed by atoms with Crippen LogP contribution in [-0.4, -0.2) is 0 Å². The minimum atomic E-state index is -0.131. The molecule has 1 aliphatic rings. The molecule has 0 atom stereocenters. The normalized spacial score (nSPS) is 15.0. The maximum absolute atomic E-state index is 14.2. The molecule has 0 heterocycles. The van der Waals surface area contributed by atoms with Crippen molar-refractivity contribution in [2.45, 2.75) is 84.0 Å². The lowest BCUT2D eigenvalue weighted by atomic mass is 9.81. The van der Waals surface area contributed by atoms with E-state index < -0.39 is 0 Å². The number of hydrogen-bond acceptors (Lipinski definition) is 0. The van der Waals surface area contributed by atoms with Crippen LogP contribution >= 0.6 is 0 Å². The molecular weight excluding hydrogens is 367 g/mol. The van der Waals surface area contributed by atoms with Gasteiger partial charge < -0.3 is 0 Å². The molecule has 3 rings (SSSR count). The summed E-state index contributed by atoms with van der Waals surface area (Å²) in [5.41, 5.74) is 5.61. The van der Waals surface area contributed by atoms with E-state index in [1.807, 2.05) is 24.3 Å². The lowest BCUT2D eigenvalue weighted by molar-refractivity contribution is 0.443. The molecule has 0 nitrogen and oxygen atoms in total. The zero-order valence-corrected chi connectivity index (χ0v) is 18.6. The Morgan fingerprint density at radius 3 is 2.43 bits per heavy atom. The van der Waals surface area contributed by atoms with E-state index in [1.165, 1.54) is 49.7 Å². The molecule has 0 saturated heterocycles. The van der Waals surface area contributed by atoms with Crippen LogP contribution in [0.15, 0.2) is 48.5 Å². The molecule has 0 N–H and O–H groups in total. The number of benzene rings is 2. The van der Waals surface area contributed by atoms with Crippen LogP contribution < -0.4 is 0 Å². The van der Waals surface area contributed by atoms with E-state index in [0.717, 1.165) is 36.8 Å². The Balaban J connectivity index is 1.80. The van der Waals surface area contributed by atoms with E-state index in [0.29, 0.717) is 11.5 Å². The second-order valence-corrected chi connectivity index (χ2v) is 8.53. The van der Waals surface area contributed by atoms with Crippen LogP contribution in [0.25, 0.3) is 5.83 Å². The van der Waals surface area contributed by atoms with Gasteiger partial charge in [0.15, 0.2) is 0 Å². The molecule has 0 bridgehead atoms. The van der Waals surface area contributed by atoms with Crippen LogP contribution in [0.4, 0.5) is 4.39 Å². The van der Waals surface area contributed by atoms with Crippen molar-refractivity contribution >= 4 is 5.83 Å².